The van der Waals surface area contributed by atoms with Crippen LogP contribution < -0.4 is 10.6 Å². The summed E-state index contributed by atoms with van der Waals surface area (Å²) >= 11 is 0. The SMILES string of the molecule is CCNc1cnc(C(C)C)nc1C(=O)NCC1CCC1. The summed E-state index contributed by atoms with van der Waals surface area (Å²) in [6.45, 7) is 7.54. The quantitative estimate of drug-likeness (QED) is 0.838. The Morgan fingerprint density at radius 2 is 2.20 bits per heavy atom. The third-order valence-corrected chi connectivity index (χ3v) is 3.68. The molecule has 0 radical (unpaired) electrons. The van der Waals surface area contributed by atoms with Crippen molar-refractivity contribution in [1.82, 2.24) is 15.3 Å². The summed E-state index contributed by atoms with van der Waals surface area (Å²) in [6.07, 6.45) is 5.45. The fourth-order valence-electron chi connectivity index (χ4n) is 2.18. The predicted octanol–water partition coefficient (Wildman–Crippen LogP) is 2.56. The van der Waals surface area contributed by atoms with Crippen molar-refractivity contribution in [2.45, 2.75) is 46.0 Å². The van der Waals surface area contributed by atoms with Crippen molar-refractivity contribution >= 4 is 11.6 Å². The van der Waals surface area contributed by atoms with Crippen molar-refractivity contribution in [3.63, 3.8) is 0 Å². The highest BCUT2D eigenvalue weighted by molar-refractivity contribution is 5.97. The molecular formula is C15H24N4O. The molecule has 0 saturated heterocycles. The molecule has 0 unspecified atom stereocenters. The van der Waals surface area contributed by atoms with Gasteiger partial charge in [-0.1, -0.05) is 20.3 Å². The summed E-state index contributed by atoms with van der Waals surface area (Å²) in [5.41, 5.74) is 1.17. The van der Waals surface area contributed by atoms with Crippen LogP contribution in [0.1, 0.15) is 62.3 Å². The molecule has 20 heavy (non-hydrogen) atoms. The minimum atomic E-state index is -0.0999. The van der Waals surface area contributed by atoms with Gasteiger partial charge in [0.1, 0.15) is 5.82 Å². The maximum absolute atomic E-state index is 12.3. The number of nitrogens with one attached hydrogen (secondary N) is 2. The Hall–Kier alpha value is -1.65. The Morgan fingerprint density at radius 1 is 1.45 bits per heavy atom. The van der Waals surface area contributed by atoms with Gasteiger partial charge in [0.05, 0.1) is 11.9 Å². The van der Waals surface area contributed by atoms with E-state index in [1.807, 2.05) is 20.8 Å². The Labute approximate surface area is 120 Å². The van der Waals surface area contributed by atoms with Gasteiger partial charge >= 0.3 is 0 Å². The summed E-state index contributed by atoms with van der Waals surface area (Å²) < 4.78 is 0. The van der Waals surface area contributed by atoms with Crippen molar-refractivity contribution in [1.29, 1.82) is 0 Å². The minimum absolute atomic E-state index is 0.0999. The van der Waals surface area contributed by atoms with Gasteiger partial charge in [-0.05, 0) is 25.7 Å². The number of carbonyl (C=O) groups is 1. The van der Waals surface area contributed by atoms with Gasteiger partial charge in [-0.15, -0.1) is 0 Å². The largest absolute Gasteiger partial charge is 0.382 e. The highest BCUT2D eigenvalue weighted by atomic mass is 16.1. The van der Waals surface area contributed by atoms with E-state index >= 15 is 0 Å². The number of carbonyl (C=O) groups excluding carboxylic acids is 1. The summed E-state index contributed by atoms with van der Waals surface area (Å²) in [6, 6.07) is 0. The molecular weight excluding hydrogens is 252 g/mol. The van der Waals surface area contributed by atoms with E-state index in [-0.39, 0.29) is 11.8 Å². The van der Waals surface area contributed by atoms with Crippen LogP contribution in [0, 0.1) is 5.92 Å². The first-order chi connectivity index (χ1) is 9.61. The van der Waals surface area contributed by atoms with Gasteiger partial charge in [-0.25, -0.2) is 9.97 Å². The zero-order chi connectivity index (χ0) is 14.5. The number of aromatic nitrogens is 2. The van der Waals surface area contributed by atoms with Crippen molar-refractivity contribution < 1.29 is 4.79 Å². The Morgan fingerprint density at radius 3 is 2.75 bits per heavy atom. The number of rotatable bonds is 6. The molecule has 5 heteroatoms. The van der Waals surface area contributed by atoms with Crippen LogP contribution in [0.3, 0.4) is 0 Å². The van der Waals surface area contributed by atoms with E-state index in [0.29, 0.717) is 23.1 Å². The van der Waals surface area contributed by atoms with Gasteiger partial charge in [0.25, 0.3) is 5.91 Å². The van der Waals surface area contributed by atoms with Gasteiger partial charge < -0.3 is 10.6 Å². The highest BCUT2D eigenvalue weighted by Crippen LogP contribution is 2.25. The molecule has 0 aliphatic heterocycles. The molecule has 5 nitrogen and oxygen atoms in total. The lowest BCUT2D eigenvalue weighted by molar-refractivity contribution is 0.0934. The van der Waals surface area contributed by atoms with E-state index in [4.69, 9.17) is 0 Å². The molecule has 1 fully saturated rings. The molecule has 1 heterocycles. The maximum atomic E-state index is 12.3. The number of nitrogens with zero attached hydrogens (tertiary/aromatic N) is 2. The first-order valence-corrected chi connectivity index (χ1v) is 7.50. The summed E-state index contributed by atoms with van der Waals surface area (Å²) in [5, 5.41) is 6.15. The van der Waals surface area contributed by atoms with Crippen LogP contribution >= 0.6 is 0 Å². The van der Waals surface area contributed by atoms with Crippen molar-refractivity contribution in [3.8, 4) is 0 Å². The topological polar surface area (TPSA) is 66.9 Å². The van der Waals surface area contributed by atoms with Crippen LogP contribution in [0.5, 0.6) is 0 Å². The molecule has 0 aromatic carbocycles. The second kappa shape index (κ2) is 6.68. The Balaban J connectivity index is 2.12. The molecule has 1 aromatic heterocycles. The van der Waals surface area contributed by atoms with Crippen LogP contribution in [0.15, 0.2) is 6.20 Å². The van der Waals surface area contributed by atoms with E-state index in [9.17, 15) is 4.79 Å². The van der Waals surface area contributed by atoms with Crippen molar-refractivity contribution in [3.05, 3.63) is 17.7 Å². The van der Waals surface area contributed by atoms with Crippen LogP contribution in [0.25, 0.3) is 0 Å². The van der Waals surface area contributed by atoms with Gasteiger partial charge in [0, 0.05) is 19.0 Å². The number of hydrogen-bond donors (Lipinski definition) is 2. The molecule has 2 rings (SSSR count). The van der Waals surface area contributed by atoms with Crippen molar-refractivity contribution in [2.24, 2.45) is 5.92 Å². The smallest absolute Gasteiger partial charge is 0.272 e. The number of hydrogen-bond acceptors (Lipinski definition) is 4. The average molecular weight is 276 g/mol. The molecule has 110 valence electrons. The van der Waals surface area contributed by atoms with Gasteiger partial charge in [-0.2, -0.15) is 0 Å². The third-order valence-electron chi connectivity index (χ3n) is 3.68. The lowest BCUT2D eigenvalue weighted by Crippen LogP contribution is -2.33. The van der Waals surface area contributed by atoms with Crippen LogP contribution in [0.2, 0.25) is 0 Å². The van der Waals surface area contributed by atoms with E-state index in [2.05, 4.69) is 20.6 Å². The molecule has 2 N–H and O–H groups in total. The van der Waals surface area contributed by atoms with E-state index in [0.717, 1.165) is 13.1 Å². The molecule has 0 spiro atoms. The fraction of sp³-hybridized carbons (Fsp3) is 0.667. The minimum Gasteiger partial charge on any atom is -0.382 e. The zero-order valence-corrected chi connectivity index (χ0v) is 12.6. The molecule has 1 aliphatic carbocycles. The van der Waals surface area contributed by atoms with Crippen LogP contribution in [-0.2, 0) is 0 Å². The molecule has 1 saturated carbocycles. The maximum Gasteiger partial charge on any atom is 0.272 e. The van der Waals surface area contributed by atoms with Gasteiger partial charge in [-0.3, -0.25) is 4.79 Å². The lowest BCUT2D eigenvalue weighted by Gasteiger charge is -2.25. The standard InChI is InChI=1S/C15H24N4O/c1-4-16-12-9-17-14(10(2)3)19-13(12)15(20)18-8-11-6-5-7-11/h9-11,16H,4-8H2,1-3H3,(H,18,20). The number of anilines is 1. The van der Waals surface area contributed by atoms with Gasteiger partial charge in [0.15, 0.2) is 5.69 Å². The zero-order valence-electron chi connectivity index (χ0n) is 12.6. The Bertz CT molecular complexity index is 469. The predicted molar refractivity (Wildman–Crippen MR) is 80.0 cm³/mol. The first-order valence-electron chi connectivity index (χ1n) is 7.50. The molecule has 1 amide bonds. The lowest BCUT2D eigenvalue weighted by atomic mass is 9.85. The molecule has 1 aliphatic rings. The average Bonchev–Trinajstić information content (AvgIpc) is 2.37. The third kappa shape index (κ3) is 3.46. The van der Waals surface area contributed by atoms with E-state index in [1.165, 1.54) is 19.3 Å². The van der Waals surface area contributed by atoms with Crippen LogP contribution in [0.4, 0.5) is 5.69 Å². The second-order valence-electron chi connectivity index (χ2n) is 5.68. The van der Waals surface area contributed by atoms with Gasteiger partial charge in [0.2, 0.25) is 0 Å². The molecule has 1 aromatic rings. The fourth-order valence-corrected chi connectivity index (χ4v) is 2.18. The first kappa shape index (κ1) is 14.8. The summed E-state index contributed by atoms with van der Waals surface area (Å²) in [5.74, 6) is 1.47. The molecule has 0 atom stereocenters. The normalized spacial score (nSPS) is 15.0. The van der Waals surface area contributed by atoms with Crippen molar-refractivity contribution in [2.75, 3.05) is 18.4 Å². The number of amides is 1. The second-order valence-corrected chi connectivity index (χ2v) is 5.68. The van der Waals surface area contributed by atoms with E-state index < -0.39 is 0 Å². The Kier molecular flexibility index (Phi) is 4.93. The van der Waals surface area contributed by atoms with Crippen LogP contribution in [-0.4, -0.2) is 29.0 Å². The molecule has 0 bridgehead atoms. The van der Waals surface area contributed by atoms with E-state index in [1.54, 1.807) is 6.20 Å². The summed E-state index contributed by atoms with van der Waals surface area (Å²) in [7, 11) is 0. The highest BCUT2D eigenvalue weighted by Gasteiger charge is 2.20. The monoisotopic (exact) mass is 276 g/mol. The summed E-state index contributed by atoms with van der Waals surface area (Å²) in [4.78, 5) is 21.1.